The Bertz CT molecular complexity index is 451. The maximum Gasteiger partial charge on any atom is 0.575 e. The average molecular weight is 364 g/mol. The Morgan fingerprint density at radius 3 is 2.59 bits per heavy atom. The second kappa shape index (κ2) is 5.00. The molecule has 1 aromatic rings. The van der Waals surface area contributed by atoms with Crippen molar-refractivity contribution in [3.8, 4) is 5.88 Å². The van der Waals surface area contributed by atoms with E-state index in [2.05, 4.69) is 9.72 Å². The van der Waals surface area contributed by atoms with Crippen LogP contribution < -0.4 is 4.74 Å². The van der Waals surface area contributed by atoms with Crippen LogP contribution in [0.2, 0.25) is 0 Å². The number of alkyl halides is 3. The first-order chi connectivity index (χ1) is 7.74. The summed E-state index contributed by atoms with van der Waals surface area (Å²) in [6, 6.07) is 0.854. The molecule has 6 nitrogen and oxygen atoms in total. The minimum atomic E-state index is -4.98. The smallest absolute Gasteiger partial charge is 0.391 e. The molecular weight excluding hydrogens is 360 g/mol. The van der Waals surface area contributed by atoms with E-state index < -0.39 is 29.6 Å². The van der Waals surface area contributed by atoms with Crippen molar-refractivity contribution in [2.24, 2.45) is 0 Å². The quantitative estimate of drug-likeness (QED) is 0.504. The van der Waals surface area contributed by atoms with Crippen LogP contribution >= 0.6 is 22.6 Å². The zero-order valence-electron chi connectivity index (χ0n) is 7.86. The predicted octanol–water partition coefficient (Wildman–Crippen LogP) is 1.99. The van der Waals surface area contributed by atoms with Crippen molar-refractivity contribution in [3.63, 3.8) is 0 Å². The van der Waals surface area contributed by atoms with E-state index in [-0.39, 0.29) is 9.13 Å². The largest absolute Gasteiger partial charge is 0.575 e. The van der Waals surface area contributed by atoms with Gasteiger partial charge < -0.3 is 20.0 Å². The zero-order chi connectivity index (χ0) is 13.2. The number of aromatic nitrogens is 1. The van der Waals surface area contributed by atoms with Gasteiger partial charge in [0.25, 0.3) is 0 Å². The number of nitrogens with zero attached hydrogens (tertiary/aromatic N) is 2. The summed E-state index contributed by atoms with van der Waals surface area (Å²) in [5, 5.41) is 19.4. The number of aliphatic hydroxyl groups is 1. The van der Waals surface area contributed by atoms with Gasteiger partial charge in [-0.3, -0.25) is 0 Å². The van der Waals surface area contributed by atoms with E-state index in [1.165, 1.54) is 0 Å². The molecule has 0 fully saturated rings. The van der Waals surface area contributed by atoms with Crippen LogP contribution in [-0.4, -0.2) is 21.4 Å². The van der Waals surface area contributed by atoms with Crippen LogP contribution in [-0.2, 0) is 6.61 Å². The number of rotatable bonds is 3. The second-order valence-electron chi connectivity index (χ2n) is 2.71. The Kier molecular flexibility index (Phi) is 4.08. The summed E-state index contributed by atoms with van der Waals surface area (Å²) in [5.74, 6) is -1.80. The van der Waals surface area contributed by atoms with Crippen LogP contribution in [0.5, 0.6) is 5.88 Å². The van der Waals surface area contributed by atoms with Gasteiger partial charge in [-0.25, -0.2) is 0 Å². The van der Waals surface area contributed by atoms with Gasteiger partial charge in [0.05, 0.1) is 12.2 Å². The molecule has 0 amide bonds. The summed E-state index contributed by atoms with van der Waals surface area (Å²) in [6.45, 7) is -0.701. The first kappa shape index (κ1) is 13.9. The summed E-state index contributed by atoms with van der Waals surface area (Å²) in [7, 11) is 0. The van der Waals surface area contributed by atoms with Gasteiger partial charge in [0.1, 0.15) is 0 Å². The molecule has 10 heteroatoms. The zero-order valence-corrected chi connectivity index (χ0v) is 10.0. The molecule has 1 heterocycles. The van der Waals surface area contributed by atoms with E-state index in [1.807, 2.05) is 0 Å². The normalized spacial score (nSPS) is 11.4. The Morgan fingerprint density at radius 2 is 2.18 bits per heavy atom. The Morgan fingerprint density at radius 1 is 1.59 bits per heavy atom. The fraction of sp³-hybridized carbons (Fsp3) is 0.286. The van der Waals surface area contributed by atoms with E-state index >= 15 is 0 Å². The first-order valence-electron chi connectivity index (χ1n) is 3.95. The highest BCUT2D eigenvalue weighted by molar-refractivity contribution is 14.1. The molecule has 1 rings (SSSR count). The minimum absolute atomic E-state index is 0.0612. The monoisotopic (exact) mass is 364 g/mol. The number of pyridine rings is 1. The molecule has 0 radical (unpaired) electrons. The standard InChI is InChI=1S/C7H4F3IN2O4/c8-7(9,10)17-5-1-4(11)3(2-14)6(12-5)13(15)16/h1,14H,2H2. The van der Waals surface area contributed by atoms with Crippen molar-refractivity contribution < 1.29 is 27.9 Å². The fourth-order valence-corrected chi connectivity index (χ4v) is 1.65. The van der Waals surface area contributed by atoms with Crippen molar-refractivity contribution in [1.82, 2.24) is 4.98 Å². The van der Waals surface area contributed by atoms with Crippen molar-refractivity contribution in [2.45, 2.75) is 13.0 Å². The second-order valence-corrected chi connectivity index (χ2v) is 3.87. The number of nitro groups is 1. The third-order valence-corrected chi connectivity index (χ3v) is 2.54. The van der Waals surface area contributed by atoms with Gasteiger partial charge in [-0.2, -0.15) is 0 Å². The van der Waals surface area contributed by atoms with E-state index in [9.17, 15) is 23.3 Å². The molecule has 1 aromatic heterocycles. The Labute approximate surface area is 106 Å². The molecule has 17 heavy (non-hydrogen) atoms. The van der Waals surface area contributed by atoms with Crippen LogP contribution in [0.4, 0.5) is 19.0 Å². The summed E-state index contributed by atoms with van der Waals surface area (Å²) >= 11 is 1.54. The lowest BCUT2D eigenvalue weighted by molar-refractivity contribution is -0.391. The molecule has 0 saturated carbocycles. The number of ether oxygens (including phenoxy) is 1. The van der Waals surface area contributed by atoms with Gasteiger partial charge >= 0.3 is 18.1 Å². The van der Waals surface area contributed by atoms with Crippen molar-refractivity contribution in [2.75, 3.05) is 0 Å². The maximum atomic E-state index is 11.9. The molecule has 0 bridgehead atoms. The van der Waals surface area contributed by atoms with Crippen LogP contribution in [0, 0.1) is 13.7 Å². The third-order valence-electron chi connectivity index (χ3n) is 1.58. The van der Waals surface area contributed by atoms with Gasteiger partial charge in [-0.15, -0.1) is 13.2 Å². The molecule has 0 aromatic carbocycles. The number of halogens is 4. The first-order valence-corrected chi connectivity index (χ1v) is 5.03. The van der Waals surface area contributed by atoms with Gasteiger partial charge in [0.15, 0.2) is 0 Å². The molecule has 0 spiro atoms. The molecule has 0 aliphatic heterocycles. The van der Waals surface area contributed by atoms with Gasteiger partial charge in [0.2, 0.25) is 0 Å². The van der Waals surface area contributed by atoms with Crippen LogP contribution in [0.1, 0.15) is 5.56 Å². The molecule has 1 N–H and O–H groups in total. The topological polar surface area (TPSA) is 85.5 Å². The van der Waals surface area contributed by atoms with E-state index in [4.69, 9.17) is 5.11 Å². The summed E-state index contributed by atoms with van der Waals surface area (Å²) in [4.78, 5) is 12.6. The van der Waals surface area contributed by atoms with Crippen molar-refractivity contribution >= 4 is 28.4 Å². The van der Waals surface area contributed by atoms with Gasteiger partial charge in [-0.1, -0.05) is 0 Å². The highest BCUT2D eigenvalue weighted by atomic mass is 127. The van der Waals surface area contributed by atoms with E-state index in [1.54, 1.807) is 22.6 Å². The van der Waals surface area contributed by atoms with Gasteiger partial charge in [0, 0.05) is 14.6 Å². The number of hydrogen-bond acceptors (Lipinski definition) is 5. The molecule has 0 unspecified atom stereocenters. The summed E-state index contributed by atoms with van der Waals surface area (Å²) < 4.78 is 39.2. The summed E-state index contributed by atoms with van der Waals surface area (Å²) in [5.41, 5.74) is -0.162. The van der Waals surface area contributed by atoms with Crippen molar-refractivity contribution in [1.29, 1.82) is 0 Å². The van der Waals surface area contributed by atoms with Crippen LogP contribution in [0.25, 0.3) is 0 Å². The third kappa shape index (κ3) is 3.66. The molecule has 0 aliphatic rings. The molecule has 94 valence electrons. The van der Waals surface area contributed by atoms with E-state index in [0.717, 1.165) is 6.07 Å². The lowest BCUT2D eigenvalue weighted by atomic mass is 10.3. The molecule has 0 aliphatic carbocycles. The van der Waals surface area contributed by atoms with Crippen LogP contribution in [0.3, 0.4) is 0 Å². The minimum Gasteiger partial charge on any atom is -0.391 e. The fourth-order valence-electron chi connectivity index (χ4n) is 0.975. The predicted molar refractivity (Wildman–Crippen MR) is 56.2 cm³/mol. The lowest BCUT2D eigenvalue weighted by Crippen LogP contribution is -2.18. The molecule has 0 atom stereocenters. The lowest BCUT2D eigenvalue weighted by Gasteiger charge is -2.07. The number of aliphatic hydroxyl groups excluding tert-OH is 1. The summed E-state index contributed by atoms with van der Waals surface area (Å²) in [6.07, 6.45) is -4.98. The Balaban J connectivity index is 3.25. The highest BCUT2D eigenvalue weighted by Crippen LogP contribution is 2.29. The van der Waals surface area contributed by atoms with Crippen molar-refractivity contribution in [3.05, 3.63) is 25.3 Å². The van der Waals surface area contributed by atoms with E-state index in [0.29, 0.717) is 0 Å². The SMILES string of the molecule is O=[N+]([O-])c1nc(OC(F)(F)F)cc(I)c1CO. The molecular formula is C7H4F3IN2O4. The molecule has 0 saturated heterocycles. The van der Waals surface area contributed by atoms with Gasteiger partial charge in [-0.05, 0) is 27.5 Å². The maximum absolute atomic E-state index is 11.9. The average Bonchev–Trinajstić information content (AvgIpc) is 2.13. The van der Waals surface area contributed by atoms with Crippen LogP contribution in [0.15, 0.2) is 6.07 Å². The Hall–Kier alpha value is -1.17. The number of hydrogen-bond donors (Lipinski definition) is 1. The highest BCUT2D eigenvalue weighted by Gasteiger charge is 2.35.